The molecule has 202 valence electrons. The smallest absolute Gasteiger partial charge is 0.339 e. The number of pyridine rings is 1. The Hall–Kier alpha value is -4.29. The summed E-state index contributed by atoms with van der Waals surface area (Å²) in [5.74, 6) is -0.627. The lowest BCUT2D eigenvalue weighted by Crippen LogP contribution is -2.32. The Morgan fingerprint density at radius 2 is 1.87 bits per heavy atom. The third-order valence-electron chi connectivity index (χ3n) is 6.39. The molecule has 2 aromatic carbocycles. The van der Waals surface area contributed by atoms with E-state index < -0.39 is 28.0 Å². The topological polar surface area (TPSA) is 144 Å². The molecule has 1 aliphatic rings. The van der Waals surface area contributed by atoms with E-state index in [4.69, 9.17) is 14.2 Å². The second kappa shape index (κ2) is 10.5. The van der Waals surface area contributed by atoms with Gasteiger partial charge in [-0.15, -0.1) is 0 Å². The first-order valence-corrected chi connectivity index (χ1v) is 13.8. The van der Waals surface area contributed by atoms with Gasteiger partial charge >= 0.3 is 5.97 Å². The fourth-order valence-electron chi connectivity index (χ4n) is 4.40. The third kappa shape index (κ3) is 5.61. The Bertz CT molecular complexity index is 1670. The Morgan fingerprint density at radius 1 is 1.13 bits per heavy atom. The highest BCUT2D eigenvalue weighted by Crippen LogP contribution is 2.29. The van der Waals surface area contributed by atoms with E-state index >= 15 is 0 Å². The number of nitrogens with zero attached hydrogens (tertiary/aromatic N) is 3. The second-order valence-electron chi connectivity index (χ2n) is 9.41. The third-order valence-corrected chi connectivity index (χ3v) is 7.76. The molecule has 0 saturated carbocycles. The Morgan fingerprint density at radius 3 is 2.59 bits per heavy atom. The van der Waals surface area contributed by atoms with Crippen molar-refractivity contribution in [2.24, 2.45) is 0 Å². The first kappa shape index (κ1) is 26.3. The number of carbonyl (C=O) groups is 2. The molecule has 0 aliphatic carbocycles. The molecule has 3 heterocycles. The standard InChI is InChI=1S/C27H27N5O6S/c1-16-14-24(30-38-16)31-39(35,36)19-10-8-18(9-11-19)28-26(33)17(2)37-27(34)25-20-6-4-5-7-22(20)29-23-12-13-32(3)15-21(23)25/h4-11,14,17H,12-13,15H2,1-3H3,(H,28,33)(H,30,31). The van der Waals surface area contributed by atoms with Gasteiger partial charge in [-0.05, 0) is 51.2 Å². The van der Waals surface area contributed by atoms with Crippen LogP contribution in [-0.4, -0.2) is 55.0 Å². The van der Waals surface area contributed by atoms with Crippen LogP contribution in [0.4, 0.5) is 11.5 Å². The van der Waals surface area contributed by atoms with Crippen molar-refractivity contribution in [3.63, 3.8) is 0 Å². The molecule has 1 unspecified atom stereocenters. The monoisotopic (exact) mass is 549 g/mol. The number of para-hydroxylation sites is 1. The average Bonchev–Trinajstić information content (AvgIpc) is 3.31. The Balaban J connectivity index is 1.29. The van der Waals surface area contributed by atoms with Crippen LogP contribution in [0.2, 0.25) is 0 Å². The Kier molecular flexibility index (Phi) is 7.06. The van der Waals surface area contributed by atoms with E-state index in [-0.39, 0.29) is 10.7 Å². The van der Waals surface area contributed by atoms with E-state index in [0.717, 1.165) is 17.8 Å². The number of esters is 1. The number of carbonyl (C=O) groups excluding carboxylic acids is 2. The maximum absolute atomic E-state index is 13.4. The van der Waals surface area contributed by atoms with Gasteiger partial charge in [-0.3, -0.25) is 14.5 Å². The van der Waals surface area contributed by atoms with Crippen LogP contribution in [0.5, 0.6) is 0 Å². The maximum atomic E-state index is 13.4. The molecule has 0 spiro atoms. The summed E-state index contributed by atoms with van der Waals surface area (Å²) in [6.07, 6.45) is -0.395. The van der Waals surface area contributed by atoms with E-state index in [1.807, 2.05) is 31.3 Å². The minimum Gasteiger partial charge on any atom is -0.449 e. The summed E-state index contributed by atoms with van der Waals surface area (Å²) in [7, 11) is -1.92. The number of aryl methyl sites for hydroxylation is 1. The zero-order valence-electron chi connectivity index (χ0n) is 21.6. The van der Waals surface area contributed by atoms with Crippen LogP contribution >= 0.6 is 0 Å². The van der Waals surface area contributed by atoms with Gasteiger partial charge in [0.25, 0.3) is 15.9 Å². The predicted octanol–water partition coefficient (Wildman–Crippen LogP) is 3.50. The summed E-state index contributed by atoms with van der Waals surface area (Å²) < 4.78 is 38.0. The fraction of sp³-hybridized carbons (Fsp3) is 0.259. The number of anilines is 2. The number of fused-ring (bicyclic) bond motifs is 2. The fourth-order valence-corrected chi connectivity index (χ4v) is 5.39. The molecule has 12 heteroatoms. The molecule has 5 rings (SSSR count). The van der Waals surface area contributed by atoms with Crippen LogP contribution < -0.4 is 10.0 Å². The molecular weight excluding hydrogens is 522 g/mol. The van der Waals surface area contributed by atoms with Gasteiger partial charge in [-0.25, -0.2) is 13.2 Å². The van der Waals surface area contributed by atoms with Gasteiger partial charge in [0.1, 0.15) is 5.76 Å². The normalized spacial score (nSPS) is 14.4. The van der Waals surface area contributed by atoms with E-state index in [1.165, 1.54) is 37.3 Å². The summed E-state index contributed by atoms with van der Waals surface area (Å²) in [5.41, 5.74) is 3.14. The van der Waals surface area contributed by atoms with E-state index in [2.05, 4.69) is 20.1 Å². The van der Waals surface area contributed by atoms with Gasteiger partial charge in [-0.1, -0.05) is 23.4 Å². The van der Waals surface area contributed by atoms with E-state index in [9.17, 15) is 18.0 Å². The molecule has 4 aromatic rings. The molecular formula is C27H27N5O6S. The molecule has 2 N–H and O–H groups in total. The summed E-state index contributed by atoms with van der Waals surface area (Å²) in [6.45, 7) is 4.52. The number of hydrogen-bond donors (Lipinski definition) is 2. The lowest BCUT2D eigenvalue weighted by molar-refractivity contribution is -0.123. The summed E-state index contributed by atoms with van der Waals surface area (Å²) in [4.78, 5) is 33.1. The largest absolute Gasteiger partial charge is 0.449 e. The van der Waals surface area contributed by atoms with Crippen LogP contribution in [0.15, 0.2) is 64.0 Å². The van der Waals surface area contributed by atoms with Crippen molar-refractivity contribution in [1.29, 1.82) is 0 Å². The number of aromatic nitrogens is 2. The van der Waals surface area contributed by atoms with Crippen molar-refractivity contribution in [2.45, 2.75) is 37.8 Å². The predicted molar refractivity (Wildman–Crippen MR) is 144 cm³/mol. The highest BCUT2D eigenvalue weighted by atomic mass is 32.2. The summed E-state index contributed by atoms with van der Waals surface area (Å²) in [5, 5.41) is 6.96. The molecule has 39 heavy (non-hydrogen) atoms. The molecule has 1 atom stereocenters. The van der Waals surface area contributed by atoms with Gasteiger partial charge < -0.3 is 19.5 Å². The first-order chi connectivity index (χ1) is 18.6. The number of benzene rings is 2. The molecule has 0 radical (unpaired) electrons. The van der Waals surface area contributed by atoms with Gasteiger partial charge in [-0.2, -0.15) is 0 Å². The molecule has 1 aliphatic heterocycles. The SMILES string of the molecule is Cc1cc(NS(=O)(=O)c2ccc(NC(=O)C(C)OC(=O)c3c4c(nc5ccccc35)CCN(C)C4)cc2)no1. The highest BCUT2D eigenvalue weighted by molar-refractivity contribution is 7.92. The molecule has 0 bridgehead atoms. The number of sulfonamides is 1. The summed E-state index contributed by atoms with van der Waals surface area (Å²) >= 11 is 0. The number of hydrogen-bond acceptors (Lipinski definition) is 9. The minimum atomic E-state index is -3.90. The van der Waals surface area contributed by atoms with Gasteiger partial charge in [0.05, 0.1) is 16.0 Å². The molecule has 1 amide bonds. The van der Waals surface area contributed by atoms with Crippen molar-refractivity contribution in [3.05, 3.63) is 77.2 Å². The lowest BCUT2D eigenvalue weighted by atomic mass is 9.96. The zero-order valence-corrected chi connectivity index (χ0v) is 22.4. The van der Waals surface area contributed by atoms with Crippen molar-refractivity contribution in [3.8, 4) is 0 Å². The molecule has 0 saturated heterocycles. The number of ether oxygens (including phenoxy) is 1. The summed E-state index contributed by atoms with van der Waals surface area (Å²) in [6, 6.07) is 14.4. The van der Waals surface area contributed by atoms with Crippen LogP contribution in [0.1, 0.15) is 34.3 Å². The Labute approximate surface area is 225 Å². The number of amides is 1. The van der Waals surface area contributed by atoms with Crippen LogP contribution in [-0.2, 0) is 32.5 Å². The van der Waals surface area contributed by atoms with Crippen LogP contribution in [0.25, 0.3) is 10.9 Å². The van der Waals surface area contributed by atoms with Gasteiger partial charge in [0, 0.05) is 47.9 Å². The maximum Gasteiger partial charge on any atom is 0.339 e. The van der Waals surface area contributed by atoms with Gasteiger partial charge in [0.2, 0.25) is 0 Å². The molecule has 0 fully saturated rings. The molecule has 11 nitrogen and oxygen atoms in total. The van der Waals surface area contributed by atoms with E-state index in [0.29, 0.717) is 40.9 Å². The van der Waals surface area contributed by atoms with E-state index in [1.54, 1.807) is 6.92 Å². The van der Waals surface area contributed by atoms with Crippen LogP contribution in [0, 0.1) is 6.92 Å². The van der Waals surface area contributed by atoms with Crippen molar-refractivity contribution < 1.29 is 27.3 Å². The second-order valence-corrected chi connectivity index (χ2v) is 11.1. The number of likely N-dealkylation sites (N-methyl/N-ethyl adjacent to an activating group) is 1. The van der Waals surface area contributed by atoms with Crippen molar-refractivity contribution >= 4 is 44.3 Å². The number of nitrogens with one attached hydrogen (secondary N) is 2. The van der Waals surface area contributed by atoms with Gasteiger partial charge in [0.15, 0.2) is 11.9 Å². The zero-order chi connectivity index (χ0) is 27.7. The average molecular weight is 550 g/mol. The quantitative estimate of drug-likeness (QED) is 0.331. The highest BCUT2D eigenvalue weighted by Gasteiger charge is 2.28. The van der Waals surface area contributed by atoms with Crippen molar-refractivity contribution in [2.75, 3.05) is 23.6 Å². The van der Waals surface area contributed by atoms with Crippen molar-refractivity contribution in [1.82, 2.24) is 15.0 Å². The lowest BCUT2D eigenvalue weighted by Gasteiger charge is -2.27. The minimum absolute atomic E-state index is 0.0278. The van der Waals surface area contributed by atoms with Crippen LogP contribution in [0.3, 0.4) is 0 Å². The number of rotatable bonds is 7. The first-order valence-electron chi connectivity index (χ1n) is 12.3. The molecule has 2 aromatic heterocycles.